The Labute approximate surface area is 128 Å². The molecule has 0 bridgehead atoms. The second-order valence-corrected chi connectivity index (χ2v) is 6.01. The van der Waals surface area contributed by atoms with E-state index in [1.54, 1.807) is 11.8 Å². The van der Waals surface area contributed by atoms with Crippen molar-refractivity contribution in [3.05, 3.63) is 11.7 Å². The maximum atomic E-state index is 12.2. The molecule has 22 heavy (non-hydrogen) atoms. The second kappa shape index (κ2) is 6.33. The van der Waals surface area contributed by atoms with Crippen LogP contribution < -0.4 is 0 Å². The lowest BCUT2D eigenvalue weighted by molar-refractivity contribution is 0.0199. The molecule has 2 heterocycles. The molecular formula is C14H21N3O5. The van der Waals surface area contributed by atoms with Gasteiger partial charge in [-0.05, 0) is 45.7 Å². The Hall–Kier alpha value is -2.12. The summed E-state index contributed by atoms with van der Waals surface area (Å²) in [5.74, 6) is -0.543. The number of nitrogens with zero attached hydrogens (tertiary/aromatic N) is 3. The molecule has 0 spiro atoms. The fourth-order valence-electron chi connectivity index (χ4n) is 2.21. The molecule has 0 aromatic carbocycles. The molecule has 0 aliphatic carbocycles. The van der Waals surface area contributed by atoms with Crippen molar-refractivity contribution in [1.29, 1.82) is 0 Å². The van der Waals surface area contributed by atoms with Crippen LogP contribution in [-0.4, -0.2) is 45.9 Å². The highest BCUT2D eigenvalue weighted by molar-refractivity contribution is 5.84. The third kappa shape index (κ3) is 3.75. The fourth-order valence-corrected chi connectivity index (χ4v) is 2.21. The standard InChI is InChI=1S/C14H21N3O5/c1-5-20-12(18)10-15-11(22-16-10)9-7-6-8-17(9)13(19)21-14(2,3)4/h9H,5-8H2,1-4H3/t9-/m0/s1. The maximum absolute atomic E-state index is 12.2. The van der Waals surface area contributed by atoms with E-state index in [2.05, 4.69) is 10.1 Å². The van der Waals surface area contributed by atoms with E-state index in [1.807, 2.05) is 20.8 Å². The Morgan fingerprint density at radius 2 is 2.14 bits per heavy atom. The van der Waals surface area contributed by atoms with Crippen LogP contribution in [0.5, 0.6) is 0 Å². The zero-order chi connectivity index (χ0) is 16.3. The normalized spacial score (nSPS) is 18.4. The first-order chi connectivity index (χ1) is 10.3. The van der Waals surface area contributed by atoms with Crippen molar-refractivity contribution in [2.24, 2.45) is 0 Å². The number of carbonyl (C=O) groups is 2. The lowest BCUT2D eigenvalue weighted by atomic mass is 10.2. The molecule has 0 saturated carbocycles. The number of aromatic nitrogens is 2. The minimum Gasteiger partial charge on any atom is -0.460 e. The maximum Gasteiger partial charge on any atom is 0.410 e. The molecule has 1 aromatic heterocycles. The second-order valence-electron chi connectivity index (χ2n) is 6.01. The van der Waals surface area contributed by atoms with Gasteiger partial charge in [0.15, 0.2) is 0 Å². The van der Waals surface area contributed by atoms with E-state index >= 15 is 0 Å². The van der Waals surface area contributed by atoms with Gasteiger partial charge in [0.25, 0.3) is 5.82 Å². The topological polar surface area (TPSA) is 94.8 Å². The zero-order valence-electron chi connectivity index (χ0n) is 13.3. The monoisotopic (exact) mass is 311 g/mol. The van der Waals surface area contributed by atoms with Crippen molar-refractivity contribution in [2.75, 3.05) is 13.2 Å². The van der Waals surface area contributed by atoms with Crippen LogP contribution in [0.4, 0.5) is 4.79 Å². The number of esters is 1. The average Bonchev–Trinajstić information content (AvgIpc) is 3.06. The number of hydrogen-bond acceptors (Lipinski definition) is 7. The molecule has 1 aliphatic rings. The summed E-state index contributed by atoms with van der Waals surface area (Å²) in [4.78, 5) is 29.4. The van der Waals surface area contributed by atoms with E-state index < -0.39 is 17.7 Å². The highest BCUT2D eigenvalue weighted by Crippen LogP contribution is 2.32. The number of carbonyl (C=O) groups excluding carboxylic acids is 2. The zero-order valence-corrected chi connectivity index (χ0v) is 13.3. The number of hydrogen-bond donors (Lipinski definition) is 0. The minimum atomic E-state index is -0.640. The molecule has 8 heteroatoms. The number of rotatable bonds is 3. The molecule has 1 saturated heterocycles. The molecule has 122 valence electrons. The highest BCUT2D eigenvalue weighted by Gasteiger charge is 2.37. The lowest BCUT2D eigenvalue weighted by Gasteiger charge is -2.26. The summed E-state index contributed by atoms with van der Waals surface area (Å²) in [7, 11) is 0. The van der Waals surface area contributed by atoms with Gasteiger partial charge in [0.05, 0.1) is 6.61 Å². The van der Waals surface area contributed by atoms with Gasteiger partial charge in [-0.15, -0.1) is 0 Å². The van der Waals surface area contributed by atoms with Crippen LogP contribution in [0.15, 0.2) is 4.52 Å². The third-order valence-electron chi connectivity index (χ3n) is 3.07. The molecule has 1 aliphatic heterocycles. The molecule has 1 atom stereocenters. The first kappa shape index (κ1) is 16.3. The summed E-state index contributed by atoms with van der Waals surface area (Å²) in [5.41, 5.74) is -0.574. The summed E-state index contributed by atoms with van der Waals surface area (Å²) < 4.78 is 15.3. The van der Waals surface area contributed by atoms with Crippen LogP contribution in [0, 0.1) is 0 Å². The predicted octanol–water partition coefficient (Wildman–Crippen LogP) is 2.32. The van der Waals surface area contributed by atoms with Crippen LogP contribution in [0.25, 0.3) is 0 Å². The smallest absolute Gasteiger partial charge is 0.410 e. The quantitative estimate of drug-likeness (QED) is 0.790. The van der Waals surface area contributed by atoms with Crippen molar-refractivity contribution in [3.8, 4) is 0 Å². The molecule has 8 nitrogen and oxygen atoms in total. The highest BCUT2D eigenvalue weighted by atomic mass is 16.6. The molecule has 2 rings (SSSR count). The van der Waals surface area contributed by atoms with Gasteiger partial charge in [-0.2, -0.15) is 4.98 Å². The SMILES string of the molecule is CCOC(=O)c1noc([C@@H]2CCCN2C(=O)OC(C)(C)C)n1. The molecule has 1 aromatic rings. The largest absolute Gasteiger partial charge is 0.460 e. The Kier molecular flexibility index (Phi) is 4.68. The number of likely N-dealkylation sites (tertiary alicyclic amines) is 1. The third-order valence-corrected chi connectivity index (χ3v) is 3.07. The van der Waals surface area contributed by atoms with Crippen LogP contribution >= 0.6 is 0 Å². The van der Waals surface area contributed by atoms with Gasteiger partial charge in [0, 0.05) is 6.54 Å². The van der Waals surface area contributed by atoms with Crippen molar-refractivity contribution in [3.63, 3.8) is 0 Å². The Morgan fingerprint density at radius 1 is 1.41 bits per heavy atom. The molecule has 0 N–H and O–H groups in total. The Balaban J connectivity index is 2.10. The van der Waals surface area contributed by atoms with Gasteiger partial charge in [-0.25, -0.2) is 9.59 Å². The first-order valence-corrected chi connectivity index (χ1v) is 7.32. The first-order valence-electron chi connectivity index (χ1n) is 7.32. The summed E-state index contributed by atoms with van der Waals surface area (Å²) >= 11 is 0. The Bertz CT molecular complexity index is 549. The van der Waals surface area contributed by atoms with Gasteiger partial charge in [0.1, 0.15) is 11.6 Å². The van der Waals surface area contributed by atoms with Crippen molar-refractivity contribution >= 4 is 12.1 Å². The fraction of sp³-hybridized carbons (Fsp3) is 0.714. The van der Waals surface area contributed by atoms with Gasteiger partial charge in [0.2, 0.25) is 5.89 Å². The Morgan fingerprint density at radius 3 is 2.77 bits per heavy atom. The van der Waals surface area contributed by atoms with E-state index in [-0.39, 0.29) is 24.4 Å². The average molecular weight is 311 g/mol. The van der Waals surface area contributed by atoms with Crippen molar-refractivity contribution in [2.45, 2.75) is 52.2 Å². The molecule has 1 fully saturated rings. The molecule has 1 amide bonds. The van der Waals surface area contributed by atoms with Crippen molar-refractivity contribution < 1.29 is 23.6 Å². The molecule has 0 radical (unpaired) electrons. The van der Waals surface area contributed by atoms with Gasteiger partial charge < -0.3 is 14.0 Å². The molecular weight excluding hydrogens is 290 g/mol. The predicted molar refractivity (Wildman–Crippen MR) is 75.2 cm³/mol. The van der Waals surface area contributed by atoms with E-state index in [9.17, 15) is 9.59 Å². The van der Waals surface area contributed by atoms with E-state index in [1.165, 1.54) is 0 Å². The van der Waals surface area contributed by atoms with Crippen LogP contribution in [-0.2, 0) is 9.47 Å². The van der Waals surface area contributed by atoms with Gasteiger partial charge >= 0.3 is 12.1 Å². The van der Waals surface area contributed by atoms with E-state index in [0.29, 0.717) is 13.0 Å². The summed E-state index contributed by atoms with van der Waals surface area (Å²) in [6.07, 6.45) is 1.07. The lowest BCUT2D eigenvalue weighted by Crippen LogP contribution is -2.36. The van der Waals surface area contributed by atoms with Crippen LogP contribution in [0.3, 0.4) is 0 Å². The van der Waals surface area contributed by atoms with E-state index in [0.717, 1.165) is 6.42 Å². The number of ether oxygens (including phenoxy) is 2. The summed E-state index contributed by atoms with van der Waals surface area (Å²) in [5, 5.41) is 3.61. The molecule has 0 unspecified atom stereocenters. The van der Waals surface area contributed by atoms with Gasteiger partial charge in [-0.1, -0.05) is 0 Å². The minimum absolute atomic E-state index is 0.132. The van der Waals surface area contributed by atoms with E-state index in [4.69, 9.17) is 14.0 Å². The van der Waals surface area contributed by atoms with Crippen LogP contribution in [0.2, 0.25) is 0 Å². The summed E-state index contributed by atoms with van der Waals surface area (Å²) in [6, 6.07) is -0.370. The van der Waals surface area contributed by atoms with Gasteiger partial charge in [-0.3, -0.25) is 4.90 Å². The number of amides is 1. The summed E-state index contributed by atoms with van der Waals surface area (Å²) in [6.45, 7) is 7.90. The van der Waals surface area contributed by atoms with Crippen LogP contribution in [0.1, 0.15) is 63.1 Å². The van der Waals surface area contributed by atoms with Crippen molar-refractivity contribution in [1.82, 2.24) is 15.0 Å².